The lowest BCUT2D eigenvalue weighted by Crippen LogP contribution is -2.38. The van der Waals surface area contributed by atoms with Crippen molar-refractivity contribution in [1.29, 1.82) is 0 Å². The van der Waals surface area contributed by atoms with Crippen LogP contribution in [0.5, 0.6) is 0 Å². The first-order valence-corrected chi connectivity index (χ1v) is 6.79. The highest BCUT2D eigenvalue weighted by molar-refractivity contribution is 5.92. The first-order valence-electron chi connectivity index (χ1n) is 6.79. The second-order valence-corrected chi connectivity index (χ2v) is 5.54. The molecule has 3 unspecified atom stereocenters. The van der Waals surface area contributed by atoms with Crippen LogP contribution in [0.2, 0.25) is 0 Å². The van der Waals surface area contributed by atoms with Crippen LogP contribution in [0.4, 0.5) is 0 Å². The Kier molecular flexibility index (Phi) is 3.07. The zero-order chi connectivity index (χ0) is 12.5. The number of hydrogen-bond acceptors (Lipinski definition) is 3. The van der Waals surface area contributed by atoms with Gasteiger partial charge in [-0.15, -0.1) is 0 Å². The van der Waals surface area contributed by atoms with Gasteiger partial charge >= 0.3 is 0 Å². The number of carbonyl (C=O) groups excluding carboxylic acids is 1. The standard InChI is InChI=1S/C13H20N4O/c14-3-4-17-7-12(15-8-17)13(18)16-11-6-9-1-2-10(11)5-9/h7-11H,1-6,14H2,(H,16,18). The number of nitrogens with one attached hydrogen (secondary N) is 1. The van der Waals surface area contributed by atoms with Gasteiger partial charge in [-0.25, -0.2) is 4.98 Å². The van der Waals surface area contributed by atoms with Gasteiger partial charge in [-0.2, -0.15) is 0 Å². The minimum atomic E-state index is -0.0386. The lowest BCUT2D eigenvalue weighted by molar-refractivity contribution is 0.0918. The molecule has 18 heavy (non-hydrogen) atoms. The topological polar surface area (TPSA) is 72.9 Å². The summed E-state index contributed by atoms with van der Waals surface area (Å²) >= 11 is 0. The quantitative estimate of drug-likeness (QED) is 0.826. The molecule has 3 N–H and O–H groups in total. The lowest BCUT2D eigenvalue weighted by atomic mass is 9.95. The summed E-state index contributed by atoms with van der Waals surface area (Å²) in [5, 5.41) is 3.14. The van der Waals surface area contributed by atoms with Gasteiger partial charge in [-0.3, -0.25) is 4.79 Å². The Morgan fingerprint density at radius 1 is 1.50 bits per heavy atom. The first kappa shape index (κ1) is 11.7. The van der Waals surface area contributed by atoms with Crippen molar-refractivity contribution in [2.75, 3.05) is 6.54 Å². The van der Waals surface area contributed by atoms with Gasteiger partial charge < -0.3 is 15.6 Å². The molecule has 1 amide bonds. The Hall–Kier alpha value is -1.36. The van der Waals surface area contributed by atoms with Crippen LogP contribution in [-0.2, 0) is 6.54 Å². The Morgan fingerprint density at radius 3 is 3.06 bits per heavy atom. The molecule has 3 atom stereocenters. The molecule has 1 aromatic heterocycles. The SMILES string of the molecule is NCCn1cnc(C(=O)NC2CC3CCC2C3)c1. The van der Waals surface area contributed by atoms with E-state index in [2.05, 4.69) is 10.3 Å². The summed E-state index contributed by atoms with van der Waals surface area (Å²) in [5.74, 6) is 1.50. The Labute approximate surface area is 107 Å². The van der Waals surface area contributed by atoms with Crippen molar-refractivity contribution in [3.8, 4) is 0 Å². The third kappa shape index (κ3) is 2.14. The van der Waals surface area contributed by atoms with E-state index in [1.165, 1.54) is 19.3 Å². The second-order valence-electron chi connectivity index (χ2n) is 5.54. The van der Waals surface area contributed by atoms with Gasteiger partial charge in [0.25, 0.3) is 5.91 Å². The minimum absolute atomic E-state index is 0.0386. The van der Waals surface area contributed by atoms with E-state index in [0.29, 0.717) is 30.7 Å². The fourth-order valence-electron chi connectivity index (χ4n) is 3.41. The molecule has 1 aromatic rings. The molecule has 0 radical (unpaired) electrons. The molecule has 0 spiro atoms. The molecule has 0 aromatic carbocycles. The molecule has 3 rings (SSSR count). The molecular weight excluding hydrogens is 228 g/mol. The van der Waals surface area contributed by atoms with Gasteiger partial charge in [0.2, 0.25) is 0 Å². The van der Waals surface area contributed by atoms with Crippen LogP contribution in [0.25, 0.3) is 0 Å². The van der Waals surface area contributed by atoms with Crippen LogP contribution in [0.1, 0.15) is 36.2 Å². The third-order valence-electron chi connectivity index (χ3n) is 4.31. The molecule has 0 saturated heterocycles. The van der Waals surface area contributed by atoms with E-state index in [4.69, 9.17) is 5.73 Å². The number of nitrogens with zero attached hydrogens (tertiary/aromatic N) is 2. The van der Waals surface area contributed by atoms with Crippen molar-refractivity contribution in [3.05, 3.63) is 18.2 Å². The van der Waals surface area contributed by atoms with Crippen LogP contribution in [0.3, 0.4) is 0 Å². The van der Waals surface area contributed by atoms with E-state index >= 15 is 0 Å². The molecule has 1 heterocycles. The van der Waals surface area contributed by atoms with E-state index in [1.807, 2.05) is 4.57 Å². The summed E-state index contributed by atoms with van der Waals surface area (Å²) < 4.78 is 1.86. The van der Waals surface area contributed by atoms with Crippen LogP contribution < -0.4 is 11.1 Å². The highest BCUT2D eigenvalue weighted by atomic mass is 16.2. The number of hydrogen-bond donors (Lipinski definition) is 2. The van der Waals surface area contributed by atoms with Gasteiger partial charge in [-0.05, 0) is 31.1 Å². The summed E-state index contributed by atoms with van der Waals surface area (Å²) in [5.41, 5.74) is 5.98. The van der Waals surface area contributed by atoms with E-state index in [1.54, 1.807) is 12.5 Å². The number of aromatic nitrogens is 2. The maximum absolute atomic E-state index is 12.1. The van der Waals surface area contributed by atoms with Crippen molar-refractivity contribution in [3.63, 3.8) is 0 Å². The molecule has 2 saturated carbocycles. The number of nitrogens with two attached hydrogens (primary N) is 1. The highest BCUT2D eigenvalue weighted by Crippen LogP contribution is 2.44. The van der Waals surface area contributed by atoms with Crippen molar-refractivity contribution >= 4 is 5.91 Å². The van der Waals surface area contributed by atoms with Gasteiger partial charge in [0.1, 0.15) is 5.69 Å². The Morgan fingerprint density at radius 2 is 2.39 bits per heavy atom. The summed E-state index contributed by atoms with van der Waals surface area (Å²) in [7, 11) is 0. The van der Waals surface area contributed by atoms with Crippen molar-refractivity contribution in [1.82, 2.24) is 14.9 Å². The number of fused-ring (bicyclic) bond motifs is 2. The first-order chi connectivity index (χ1) is 8.76. The fraction of sp³-hybridized carbons (Fsp3) is 0.692. The predicted molar refractivity (Wildman–Crippen MR) is 68.0 cm³/mol. The van der Waals surface area contributed by atoms with E-state index in [-0.39, 0.29) is 5.91 Å². The van der Waals surface area contributed by atoms with Crippen molar-refractivity contribution in [2.24, 2.45) is 17.6 Å². The largest absolute Gasteiger partial charge is 0.348 e. The Bertz CT molecular complexity index is 442. The van der Waals surface area contributed by atoms with Crippen molar-refractivity contribution in [2.45, 2.75) is 38.3 Å². The molecular formula is C13H20N4O. The molecule has 2 fully saturated rings. The van der Waals surface area contributed by atoms with Gasteiger partial charge in [-0.1, -0.05) is 6.42 Å². The van der Waals surface area contributed by atoms with Crippen LogP contribution >= 0.6 is 0 Å². The fourth-order valence-corrected chi connectivity index (χ4v) is 3.41. The number of amides is 1. The third-order valence-corrected chi connectivity index (χ3v) is 4.31. The second kappa shape index (κ2) is 4.72. The predicted octanol–water partition coefficient (Wildman–Crippen LogP) is 0.760. The maximum atomic E-state index is 12.1. The molecule has 5 heteroatoms. The van der Waals surface area contributed by atoms with E-state index < -0.39 is 0 Å². The monoisotopic (exact) mass is 248 g/mol. The number of imidazole rings is 1. The van der Waals surface area contributed by atoms with Crippen molar-refractivity contribution < 1.29 is 4.79 Å². The summed E-state index contributed by atoms with van der Waals surface area (Å²) in [4.78, 5) is 16.2. The molecule has 98 valence electrons. The number of carbonyl (C=O) groups is 1. The summed E-state index contributed by atoms with van der Waals surface area (Å²) in [6, 6.07) is 0.371. The van der Waals surface area contributed by atoms with Gasteiger partial charge in [0.05, 0.1) is 6.33 Å². The van der Waals surface area contributed by atoms with Crippen LogP contribution in [0.15, 0.2) is 12.5 Å². The normalized spacial score (nSPS) is 29.7. The maximum Gasteiger partial charge on any atom is 0.271 e. The van der Waals surface area contributed by atoms with Crippen LogP contribution in [0, 0.1) is 11.8 Å². The number of rotatable bonds is 4. The molecule has 2 bridgehead atoms. The average molecular weight is 248 g/mol. The van der Waals surface area contributed by atoms with Gasteiger partial charge in [0, 0.05) is 25.3 Å². The zero-order valence-electron chi connectivity index (χ0n) is 10.5. The highest BCUT2D eigenvalue weighted by Gasteiger charge is 2.40. The average Bonchev–Trinajstić information content (AvgIpc) is 3.04. The van der Waals surface area contributed by atoms with Gasteiger partial charge in [0.15, 0.2) is 0 Å². The molecule has 2 aliphatic carbocycles. The molecule has 5 nitrogen and oxygen atoms in total. The minimum Gasteiger partial charge on any atom is -0.348 e. The smallest absolute Gasteiger partial charge is 0.271 e. The van der Waals surface area contributed by atoms with E-state index in [9.17, 15) is 4.79 Å². The molecule has 2 aliphatic rings. The Balaban J connectivity index is 1.60. The van der Waals surface area contributed by atoms with Crippen LogP contribution in [-0.4, -0.2) is 28.0 Å². The lowest BCUT2D eigenvalue weighted by Gasteiger charge is -2.22. The molecule has 0 aliphatic heterocycles. The summed E-state index contributed by atoms with van der Waals surface area (Å²) in [6.07, 6.45) is 8.52. The zero-order valence-corrected chi connectivity index (χ0v) is 10.5. The van der Waals surface area contributed by atoms with E-state index in [0.717, 1.165) is 12.3 Å². The summed E-state index contributed by atoms with van der Waals surface area (Å²) in [6.45, 7) is 1.26.